The molecule has 14 nitrogen and oxygen atoms in total. The molecule has 6 heterocycles. The third kappa shape index (κ3) is 41.4. The average molecular weight is 1250 g/mol. The van der Waals surface area contributed by atoms with Crippen molar-refractivity contribution >= 4 is 15.6 Å². The highest BCUT2D eigenvalue weighted by molar-refractivity contribution is 7.45. The summed E-state index contributed by atoms with van der Waals surface area (Å²) in [5.41, 5.74) is 12.2. The normalized spacial score (nSPS) is 11.1. The molecule has 0 aliphatic heterocycles. The molecule has 88 heavy (non-hydrogen) atoms. The van der Waals surface area contributed by atoms with Gasteiger partial charge in [0.05, 0.1) is 0 Å². The fourth-order valence-corrected chi connectivity index (χ4v) is 10.6. The van der Waals surface area contributed by atoms with E-state index >= 15 is 0 Å². The van der Waals surface area contributed by atoms with Crippen LogP contribution in [-0.2, 0) is 48.0 Å². The summed E-state index contributed by atoms with van der Waals surface area (Å²) in [5.74, 6) is 0. The summed E-state index contributed by atoms with van der Waals surface area (Å²) < 4.78 is 24.9. The zero-order chi connectivity index (χ0) is 64.4. The van der Waals surface area contributed by atoms with E-state index in [1.54, 1.807) is 0 Å². The molecule has 0 radical (unpaired) electrons. The van der Waals surface area contributed by atoms with Gasteiger partial charge in [-0.25, -0.2) is 18.3 Å². The van der Waals surface area contributed by atoms with Crippen molar-refractivity contribution in [3.05, 3.63) is 146 Å². The van der Waals surface area contributed by atoms with E-state index in [4.69, 9.17) is 38.5 Å². The Hall–Kier alpha value is -4.88. The average Bonchev–Trinajstić information content (AvgIpc) is 3.72. The minimum atomic E-state index is -5.39. The molecule has 0 aliphatic rings. The van der Waals surface area contributed by atoms with Crippen LogP contribution in [0.2, 0.25) is 0 Å². The Morgan fingerprint density at radius 2 is 0.511 bits per heavy atom. The number of rotatable bonds is 39. The lowest BCUT2D eigenvalue weighted by Crippen LogP contribution is -2.38. The van der Waals surface area contributed by atoms with Crippen molar-refractivity contribution in [1.82, 2.24) is 15.0 Å². The Morgan fingerprint density at radius 1 is 0.318 bits per heavy atom. The predicted molar refractivity (Wildman–Crippen MR) is 355 cm³/mol. The van der Waals surface area contributed by atoms with Gasteiger partial charge >= 0.3 is 7.82 Å². The fourth-order valence-electron chi connectivity index (χ4n) is 10.6. The van der Waals surface area contributed by atoms with Crippen molar-refractivity contribution in [1.29, 1.82) is 0 Å². The quantitative estimate of drug-likeness (QED) is 0.0187. The molecule has 0 saturated carbocycles. The molecular formula is C72H114N6O8P2. The lowest BCUT2D eigenvalue weighted by atomic mass is 10.0. The topological polar surface area (TPSA) is 214 Å². The van der Waals surface area contributed by atoms with Gasteiger partial charge in [-0.3, -0.25) is 15.0 Å². The van der Waals surface area contributed by atoms with Gasteiger partial charge in [-0.05, 0) is 108 Å². The number of phosphoric acid groups is 2. The number of aromatic nitrogens is 6. The van der Waals surface area contributed by atoms with Gasteiger partial charge < -0.3 is 33.9 Å². The first-order valence-electron chi connectivity index (χ1n) is 33.8. The second-order valence-electron chi connectivity index (χ2n) is 23.2. The summed E-state index contributed by atoms with van der Waals surface area (Å²) >= 11 is 0. The van der Waals surface area contributed by atoms with Gasteiger partial charge in [0.25, 0.3) is 0 Å². The van der Waals surface area contributed by atoms with E-state index in [9.17, 15) is 0 Å². The van der Waals surface area contributed by atoms with Gasteiger partial charge in [0.1, 0.15) is 19.6 Å². The van der Waals surface area contributed by atoms with Crippen molar-refractivity contribution in [2.24, 2.45) is 0 Å². The Morgan fingerprint density at radius 3 is 0.716 bits per heavy atom. The van der Waals surface area contributed by atoms with Gasteiger partial charge in [-0.15, -0.1) is 0 Å². The van der Waals surface area contributed by atoms with Crippen LogP contribution in [0.4, 0.5) is 0 Å². The molecule has 6 rings (SSSR count). The molecule has 6 aromatic rings. The van der Waals surface area contributed by atoms with E-state index in [-0.39, 0.29) is 0 Å². The van der Waals surface area contributed by atoms with Gasteiger partial charge in [0.15, 0.2) is 35.7 Å². The molecule has 490 valence electrons. The first kappa shape index (κ1) is 79.2. The smallest absolute Gasteiger partial charge is 0.466 e. The molecule has 0 aliphatic carbocycles. The second-order valence-corrected chi connectivity index (χ2v) is 25.1. The summed E-state index contributed by atoms with van der Waals surface area (Å²) in [5, 5.41) is 0. The number of hydrogen-bond donors (Lipinski definition) is 3. The number of unbranched alkanes of at least 4 members (excludes halogenated alkanes) is 24. The first-order chi connectivity index (χ1) is 42.5. The zero-order valence-electron chi connectivity index (χ0n) is 55.0. The zero-order valence-corrected chi connectivity index (χ0v) is 56.8. The predicted octanol–water partition coefficient (Wildman–Crippen LogP) is 15.8. The minimum Gasteiger partial charge on any atom is -0.822 e. The van der Waals surface area contributed by atoms with E-state index in [0.29, 0.717) is 0 Å². The Kier molecular flexibility index (Phi) is 45.7. The first-order valence-corrected chi connectivity index (χ1v) is 36.9. The monoisotopic (exact) mass is 1250 g/mol. The molecule has 0 bridgehead atoms. The number of hydrogen-bond acceptors (Lipinski definition) is 8. The molecule has 0 spiro atoms. The maximum atomic E-state index is 8.88. The summed E-state index contributed by atoms with van der Waals surface area (Å²) in [6.07, 6.45) is 62.0. The van der Waals surface area contributed by atoms with Crippen molar-refractivity contribution < 1.29 is 52.2 Å². The molecule has 0 fully saturated rings. The molecule has 0 saturated heterocycles. The summed E-state index contributed by atoms with van der Waals surface area (Å²) in [7, 11) is -10.0. The molecule has 0 unspecified atom stereocenters. The molecular weight excluding hydrogens is 1140 g/mol. The highest BCUT2D eigenvalue weighted by Gasteiger charge is 2.16. The van der Waals surface area contributed by atoms with Crippen molar-refractivity contribution in [3.8, 4) is 33.4 Å². The van der Waals surface area contributed by atoms with E-state index in [0.717, 1.165) is 19.6 Å². The minimum absolute atomic E-state index is 1.16. The highest BCUT2D eigenvalue weighted by atomic mass is 31.2. The molecule has 0 amide bonds. The van der Waals surface area contributed by atoms with Crippen molar-refractivity contribution in [2.75, 3.05) is 0 Å². The van der Waals surface area contributed by atoms with Crippen LogP contribution in [0.25, 0.3) is 33.4 Å². The molecule has 16 heteroatoms. The van der Waals surface area contributed by atoms with Crippen molar-refractivity contribution in [3.63, 3.8) is 0 Å². The van der Waals surface area contributed by atoms with Gasteiger partial charge in [0, 0.05) is 112 Å². The Balaban J connectivity index is 0.000000416. The van der Waals surface area contributed by atoms with Crippen LogP contribution in [0.3, 0.4) is 0 Å². The Bertz CT molecular complexity index is 2430. The van der Waals surface area contributed by atoms with Crippen LogP contribution in [-0.4, -0.2) is 29.6 Å². The van der Waals surface area contributed by atoms with Crippen LogP contribution >= 0.6 is 15.6 Å². The third-order valence-electron chi connectivity index (χ3n) is 15.5. The summed E-state index contributed by atoms with van der Waals surface area (Å²) in [4.78, 5) is 59.7. The van der Waals surface area contributed by atoms with E-state index < -0.39 is 15.6 Å². The molecule has 6 aromatic heterocycles. The summed E-state index contributed by atoms with van der Waals surface area (Å²) in [6.45, 7) is 17.2. The van der Waals surface area contributed by atoms with Crippen molar-refractivity contribution in [2.45, 2.75) is 273 Å². The van der Waals surface area contributed by atoms with Crippen LogP contribution in [0.5, 0.6) is 0 Å². The third-order valence-corrected chi connectivity index (χ3v) is 15.5. The van der Waals surface area contributed by atoms with Gasteiger partial charge in [0.2, 0.25) is 0 Å². The van der Waals surface area contributed by atoms with Crippen LogP contribution < -0.4 is 28.4 Å². The van der Waals surface area contributed by atoms with E-state index in [2.05, 4.69) is 162 Å². The number of aryl methyl sites for hydroxylation is 6. The Labute approximate surface area is 532 Å². The van der Waals surface area contributed by atoms with Crippen LogP contribution in [0, 0.1) is 0 Å². The number of nitrogens with zero attached hydrogens (tertiary/aromatic N) is 6. The van der Waals surface area contributed by atoms with Gasteiger partial charge in [-0.2, -0.15) is 7.82 Å². The highest BCUT2D eigenvalue weighted by Crippen LogP contribution is 2.26. The fraction of sp³-hybridized carbons (Fsp3) is 0.583. The van der Waals surface area contributed by atoms with Gasteiger partial charge in [-0.1, -0.05) is 176 Å². The lowest BCUT2D eigenvalue weighted by molar-refractivity contribution is -0.704. The lowest BCUT2D eigenvalue weighted by Gasteiger charge is -2.36. The maximum absolute atomic E-state index is 8.88. The summed E-state index contributed by atoms with van der Waals surface area (Å²) in [6, 6.07) is 26.6. The van der Waals surface area contributed by atoms with E-state index in [1.165, 1.54) is 262 Å². The SMILES string of the molecule is CCCCCCCc1cc(-c2ccncc2)cc[n+]1CCCCCCC.CCCCCCCc1cc(-c2ccncc2)cc[n+]1CCCCCCC.CCCCCCCc1cc(-c2ccncc2)cc[n+]1CCCCCCC.O=P(O)(O)O.O=P([O-])([O-])[O-]. The number of pyridine rings is 6. The van der Waals surface area contributed by atoms with E-state index in [1.807, 2.05) is 37.2 Å². The van der Waals surface area contributed by atoms with Crippen LogP contribution in [0.1, 0.15) is 251 Å². The standard InChI is InChI=1S/3C24H37N2.2H3O4P/c3*1-3-5-7-9-11-13-24-21-23(22-14-17-25-18-15-22)16-20-26(24)19-12-10-8-6-4-2;2*1-5(2,3)4/h3*14-18,20-21H,3-13,19H2,1-2H3;2*(H3,1,2,3,4)/q3*+1;;/p-3. The second kappa shape index (κ2) is 50.8. The molecule has 0 aromatic carbocycles. The maximum Gasteiger partial charge on any atom is 0.466 e. The largest absolute Gasteiger partial charge is 0.822 e. The van der Waals surface area contributed by atoms with Crippen LogP contribution in [0.15, 0.2) is 129 Å². The molecule has 3 N–H and O–H groups in total. The molecule has 0 atom stereocenters.